The second-order valence-electron chi connectivity index (χ2n) is 6.84. The molecule has 0 saturated heterocycles. The van der Waals surface area contributed by atoms with Crippen molar-refractivity contribution in [3.8, 4) is 0 Å². The van der Waals surface area contributed by atoms with Crippen LogP contribution < -0.4 is 15.8 Å². The number of halogens is 1. The number of sulfonamides is 1. The highest BCUT2D eigenvalue weighted by molar-refractivity contribution is 7.89. The Bertz CT molecular complexity index is 1100. The summed E-state index contributed by atoms with van der Waals surface area (Å²) in [6.45, 7) is 1.76. The van der Waals surface area contributed by atoms with Gasteiger partial charge in [-0.05, 0) is 54.4 Å². The average molecular weight is 444 g/mol. The van der Waals surface area contributed by atoms with Crippen LogP contribution in [0.5, 0.6) is 0 Å². The number of anilines is 1. The number of hydrogen-bond donors (Lipinski definition) is 3. The van der Waals surface area contributed by atoms with Crippen LogP contribution >= 0.6 is 11.6 Å². The van der Waals surface area contributed by atoms with Gasteiger partial charge < -0.3 is 5.32 Å². The van der Waals surface area contributed by atoms with Gasteiger partial charge in [-0.2, -0.15) is 0 Å². The number of benzene rings is 3. The maximum atomic E-state index is 12.7. The molecule has 0 radical (unpaired) electrons. The van der Waals surface area contributed by atoms with Crippen LogP contribution in [0.25, 0.3) is 0 Å². The van der Waals surface area contributed by atoms with Crippen molar-refractivity contribution in [1.29, 1.82) is 0 Å². The van der Waals surface area contributed by atoms with E-state index in [1.165, 1.54) is 24.3 Å². The fourth-order valence-corrected chi connectivity index (χ4v) is 3.63. The molecule has 30 heavy (non-hydrogen) atoms. The molecule has 156 valence electrons. The van der Waals surface area contributed by atoms with Gasteiger partial charge in [0.1, 0.15) is 0 Å². The molecule has 3 aromatic carbocycles. The third-order valence-electron chi connectivity index (χ3n) is 4.60. The van der Waals surface area contributed by atoms with Crippen molar-refractivity contribution >= 4 is 33.2 Å². The zero-order valence-electron chi connectivity index (χ0n) is 16.2. The fraction of sp³-hybridized carbons (Fsp3) is 0.136. The maximum absolute atomic E-state index is 12.7. The number of hydrogen-bond acceptors (Lipinski definition) is 4. The van der Waals surface area contributed by atoms with E-state index in [-0.39, 0.29) is 16.8 Å². The highest BCUT2D eigenvalue weighted by atomic mass is 35.5. The summed E-state index contributed by atoms with van der Waals surface area (Å²) in [5.41, 5.74) is 2.46. The first-order valence-electron chi connectivity index (χ1n) is 9.24. The molecule has 0 bridgehead atoms. The smallest absolute Gasteiger partial charge is 0.241 e. The molecule has 0 unspecified atom stereocenters. The van der Waals surface area contributed by atoms with Crippen molar-refractivity contribution < 1.29 is 13.2 Å². The van der Waals surface area contributed by atoms with Crippen molar-refractivity contribution in [3.63, 3.8) is 0 Å². The van der Waals surface area contributed by atoms with Gasteiger partial charge >= 0.3 is 0 Å². The molecular weight excluding hydrogens is 422 g/mol. The van der Waals surface area contributed by atoms with Gasteiger partial charge in [0.05, 0.1) is 17.0 Å². The lowest BCUT2D eigenvalue weighted by Crippen LogP contribution is -2.40. The van der Waals surface area contributed by atoms with Gasteiger partial charge in [0.2, 0.25) is 15.9 Å². The van der Waals surface area contributed by atoms with Gasteiger partial charge in [-0.25, -0.2) is 13.6 Å². The van der Waals surface area contributed by atoms with Gasteiger partial charge in [0.15, 0.2) is 0 Å². The maximum Gasteiger partial charge on any atom is 0.241 e. The van der Waals surface area contributed by atoms with E-state index in [1.807, 2.05) is 54.6 Å². The lowest BCUT2D eigenvalue weighted by molar-refractivity contribution is -0.117. The summed E-state index contributed by atoms with van der Waals surface area (Å²) in [6, 6.07) is 22.2. The number of primary sulfonamides is 1. The Morgan fingerprint density at radius 2 is 1.47 bits per heavy atom. The molecule has 1 amide bonds. The van der Waals surface area contributed by atoms with E-state index in [9.17, 15) is 13.2 Å². The van der Waals surface area contributed by atoms with E-state index in [0.717, 1.165) is 11.1 Å². The number of carbonyl (C=O) groups excluding carboxylic acids is 1. The van der Waals surface area contributed by atoms with Crippen LogP contribution in [0.4, 0.5) is 5.69 Å². The largest absolute Gasteiger partial charge is 0.325 e. The van der Waals surface area contributed by atoms with E-state index in [0.29, 0.717) is 10.7 Å². The summed E-state index contributed by atoms with van der Waals surface area (Å²) in [7, 11) is -3.78. The second-order valence-corrected chi connectivity index (χ2v) is 8.84. The summed E-state index contributed by atoms with van der Waals surface area (Å²) in [5.74, 6) is -0.256. The summed E-state index contributed by atoms with van der Waals surface area (Å²) in [5, 5.41) is 11.9. The van der Waals surface area contributed by atoms with Crippen LogP contribution in [0.15, 0.2) is 83.8 Å². The number of rotatable bonds is 7. The molecule has 6 nitrogen and oxygen atoms in total. The molecule has 0 aliphatic rings. The normalized spacial score (nSPS) is 13.4. The van der Waals surface area contributed by atoms with E-state index < -0.39 is 16.1 Å². The van der Waals surface area contributed by atoms with Crippen LogP contribution in [0.1, 0.15) is 24.1 Å². The minimum atomic E-state index is -3.78. The molecule has 0 spiro atoms. The van der Waals surface area contributed by atoms with Crippen molar-refractivity contribution in [2.75, 3.05) is 5.32 Å². The first kappa shape index (κ1) is 22.0. The van der Waals surface area contributed by atoms with Crippen molar-refractivity contribution in [2.24, 2.45) is 5.14 Å². The van der Waals surface area contributed by atoms with Gasteiger partial charge in [-0.15, -0.1) is 0 Å². The highest BCUT2D eigenvalue weighted by Crippen LogP contribution is 2.24. The molecular formula is C22H22ClN3O3S. The van der Waals surface area contributed by atoms with Crippen LogP contribution in [0.2, 0.25) is 5.02 Å². The lowest BCUT2D eigenvalue weighted by Gasteiger charge is -2.24. The van der Waals surface area contributed by atoms with Crippen LogP contribution in [-0.2, 0) is 14.8 Å². The van der Waals surface area contributed by atoms with Crippen LogP contribution in [0.3, 0.4) is 0 Å². The van der Waals surface area contributed by atoms with Crippen molar-refractivity contribution in [1.82, 2.24) is 5.32 Å². The topological polar surface area (TPSA) is 101 Å². The summed E-state index contributed by atoms with van der Waals surface area (Å²) >= 11 is 6.02. The van der Waals surface area contributed by atoms with Gasteiger partial charge in [-0.1, -0.05) is 54.1 Å². The third kappa shape index (κ3) is 5.67. The molecule has 0 heterocycles. The van der Waals surface area contributed by atoms with E-state index in [1.54, 1.807) is 6.92 Å². The quantitative estimate of drug-likeness (QED) is 0.518. The van der Waals surface area contributed by atoms with Gasteiger partial charge in [0, 0.05) is 10.7 Å². The van der Waals surface area contributed by atoms with Gasteiger partial charge in [-0.3, -0.25) is 10.1 Å². The number of nitrogens with two attached hydrogens (primary N) is 1. The minimum Gasteiger partial charge on any atom is -0.325 e. The molecule has 0 saturated carbocycles. The number of amides is 1. The first-order valence-corrected chi connectivity index (χ1v) is 11.2. The molecule has 2 atom stereocenters. The molecule has 4 N–H and O–H groups in total. The minimum absolute atomic E-state index is 0.0152. The number of nitrogens with one attached hydrogen (secondary N) is 2. The Balaban J connectivity index is 1.75. The predicted molar refractivity (Wildman–Crippen MR) is 119 cm³/mol. The predicted octanol–water partition coefficient (Wildman–Crippen LogP) is 3.69. The van der Waals surface area contributed by atoms with Crippen LogP contribution in [-0.4, -0.2) is 20.4 Å². The Kier molecular flexibility index (Phi) is 6.89. The first-order chi connectivity index (χ1) is 14.2. The monoisotopic (exact) mass is 443 g/mol. The van der Waals surface area contributed by atoms with Crippen LogP contribution in [0, 0.1) is 0 Å². The second kappa shape index (κ2) is 9.40. The molecule has 0 aliphatic carbocycles. The number of carbonyl (C=O) groups is 1. The average Bonchev–Trinajstić information content (AvgIpc) is 2.73. The Morgan fingerprint density at radius 1 is 0.900 bits per heavy atom. The Hall–Kier alpha value is -2.71. The van der Waals surface area contributed by atoms with Crippen molar-refractivity contribution in [3.05, 3.63) is 95.0 Å². The van der Waals surface area contributed by atoms with E-state index in [2.05, 4.69) is 10.6 Å². The summed E-state index contributed by atoms with van der Waals surface area (Å²) in [4.78, 5) is 12.7. The lowest BCUT2D eigenvalue weighted by atomic mass is 9.98. The van der Waals surface area contributed by atoms with E-state index in [4.69, 9.17) is 16.7 Å². The molecule has 3 rings (SSSR count). The highest BCUT2D eigenvalue weighted by Gasteiger charge is 2.21. The zero-order chi connectivity index (χ0) is 21.7. The molecule has 0 aliphatic heterocycles. The third-order valence-corrected chi connectivity index (χ3v) is 5.78. The summed E-state index contributed by atoms with van der Waals surface area (Å²) < 4.78 is 22.7. The zero-order valence-corrected chi connectivity index (χ0v) is 17.8. The fourth-order valence-electron chi connectivity index (χ4n) is 2.99. The Labute approximate surface area is 181 Å². The Morgan fingerprint density at radius 3 is 2.03 bits per heavy atom. The molecule has 0 fully saturated rings. The summed E-state index contributed by atoms with van der Waals surface area (Å²) in [6.07, 6.45) is 0. The van der Waals surface area contributed by atoms with E-state index >= 15 is 0 Å². The molecule has 0 aromatic heterocycles. The standard InChI is InChI=1S/C22H22ClN3O3S/c1-15(22(27)26-19-11-13-20(14-12-19)30(24,28)29)25-21(16-5-3-2-4-6-16)17-7-9-18(23)10-8-17/h2-15,21,25H,1H3,(H,26,27)(H2,24,28,29)/t15-,21-/m0/s1. The van der Waals surface area contributed by atoms with Gasteiger partial charge in [0.25, 0.3) is 0 Å². The molecule has 3 aromatic rings. The molecule has 8 heteroatoms. The van der Waals surface area contributed by atoms with Crippen molar-refractivity contribution in [2.45, 2.75) is 23.9 Å². The SMILES string of the molecule is C[C@H](N[C@@H](c1ccccc1)c1ccc(Cl)cc1)C(=O)Nc1ccc(S(N)(=O)=O)cc1.